The van der Waals surface area contributed by atoms with Crippen LogP contribution in [-0.2, 0) is 4.74 Å². The highest BCUT2D eigenvalue weighted by molar-refractivity contribution is 4.95. The van der Waals surface area contributed by atoms with Gasteiger partial charge >= 0.3 is 0 Å². The number of hydrogen-bond acceptors (Lipinski definition) is 1. The van der Waals surface area contributed by atoms with Gasteiger partial charge in [-0.15, -0.1) is 0 Å². The lowest BCUT2D eigenvalue weighted by Gasteiger charge is -2.44. The van der Waals surface area contributed by atoms with Gasteiger partial charge in [0.2, 0.25) is 0 Å². The van der Waals surface area contributed by atoms with E-state index in [0.717, 1.165) is 57.3 Å². The van der Waals surface area contributed by atoms with Gasteiger partial charge < -0.3 is 4.74 Å². The SMILES string of the molecule is CCCC1CCC(C2CCC(C3CCC(COC4CCC(C)[C@H](F)C4F)CC3)[C@H](F)C2F)CC1. The second kappa shape index (κ2) is 12.3. The van der Waals surface area contributed by atoms with Crippen LogP contribution in [0.1, 0.15) is 104 Å². The average Bonchev–Trinajstić information content (AvgIpc) is 2.85. The van der Waals surface area contributed by atoms with Gasteiger partial charge in [0.05, 0.1) is 6.10 Å². The van der Waals surface area contributed by atoms with Crippen LogP contribution in [-0.4, -0.2) is 37.4 Å². The van der Waals surface area contributed by atoms with E-state index < -0.39 is 30.8 Å². The molecule has 4 aliphatic carbocycles. The molecule has 0 aromatic heterocycles. The average molecular weight is 489 g/mol. The lowest BCUT2D eigenvalue weighted by Crippen LogP contribution is -2.45. The van der Waals surface area contributed by atoms with Gasteiger partial charge in [0.25, 0.3) is 0 Å². The van der Waals surface area contributed by atoms with Crippen molar-refractivity contribution in [1.82, 2.24) is 0 Å². The Morgan fingerprint density at radius 2 is 1.12 bits per heavy atom. The van der Waals surface area contributed by atoms with Crippen LogP contribution in [0.3, 0.4) is 0 Å². The van der Waals surface area contributed by atoms with Crippen molar-refractivity contribution in [3.63, 3.8) is 0 Å². The molecule has 5 heteroatoms. The van der Waals surface area contributed by atoms with Gasteiger partial charge in [0.15, 0.2) is 6.17 Å². The monoisotopic (exact) mass is 488 g/mol. The van der Waals surface area contributed by atoms with Gasteiger partial charge in [0.1, 0.15) is 18.5 Å². The lowest BCUT2D eigenvalue weighted by molar-refractivity contribution is -0.0860. The molecule has 4 aliphatic rings. The Morgan fingerprint density at radius 1 is 0.588 bits per heavy atom. The Balaban J connectivity index is 1.19. The Hall–Kier alpha value is -0.320. The van der Waals surface area contributed by atoms with Crippen LogP contribution in [0.5, 0.6) is 0 Å². The summed E-state index contributed by atoms with van der Waals surface area (Å²) in [7, 11) is 0. The number of halogens is 4. The zero-order chi connectivity index (χ0) is 24.2. The molecular weight excluding hydrogens is 440 g/mol. The third-order valence-corrected chi connectivity index (χ3v) is 10.3. The predicted molar refractivity (Wildman–Crippen MR) is 130 cm³/mol. The van der Waals surface area contributed by atoms with Gasteiger partial charge in [0, 0.05) is 6.61 Å². The molecule has 0 bridgehead atoms. The Kier molecular flexibility index (Phi) is 9.66. The van der Waals surface area contributed by atoms with Gasteiger partial charge in [-0.3, -0.25) is 0 Å². The van der Waals surface area contributed by atoms with Crippen molar-refractivity contribution in [3.8, 4) is 0 Å². The molecule has 198 valence electrons. The fraction of sp³-hybridized carbons (Fsp3) is 1.00. The summed E-state index contributed by atoms with van der Waals surface area (Å²) in [4.78, 5) is 0. The van der Waals surface area contributed by atoms with Gasteiger partial charge in [-0.25, -0.2) is 17.6 Å². The van der Waals surface area contributed by atoms with E-state index in [1.54, 1.807) is 6.92 Å². The minimum Gasteiger partial charge on any atom is -0.375 e. The van der Waals surface area contributed by atoms with E-state index in [9.17, 15) is 8.78 Å². The molecule has 4 saturated carbocycles. The molecule has 1 nitrogen and oxygen atoms in total. The minimum absolute atomic E-state index is 0.0789. The molecule has 4 rings (SSSR count). The van der Waals surface area contributed by atoms with Crippen LogP contribution in [0.4, 0.5) is 17.6 Å². The zero-order valence-electron chi connectivity index (χ0n) is 21.5. The number of rotatable bonds is 7. The van der Waals surface area contributed by atoms with E-state index in [-0.39, 0.29) is 23.7 Å². The molecule has 0 aromatic rings. The van der Waals surface area contributed by atoms with Gasteiger partial charge in [-0.1, -0.05) is 39.5 Å². The molecule has 0 aromatic carbocycles. The minimum atomic E-state index is -1.52. The predicted octanol–water partition coefficient (Wildman–Crippen LogP) is 8.59. The Labute approximate surface area is 205 Å². The third-order valence-electron chi connectivity index (χ3n) is 10.3. The van der Waals surface area contributed by atoms with Crippen molar-refractivity contribution in [2.45, 2.75) is 135 Å². The summed E-state index contributed by atoms with van der Waals surface area (Å²) in [6, 6.07) is 0. The highest BCUT2D eigenvalue weighted by Crippen LogP contribution is 2.48. The van der Waals surface area contributed by atoms with Crippen molar-refractivity contribution in [2.24, 2.45) is 41.4 Å². The van der Waals surface area contributed by atoms with Gasteiger partial charge in [-0.2, -0.15) is 0 Å². The first-order valence-corrected chi connectivity index (χ1v) is 14.6. The fourth-order valence-electron chi connectivity index (χ4n) is 7.96. The summed E-state index contributed by atoms with van der Waals surface area (Å²) in [5.41, 5.74) is 0. The summed E-state index contributed by atoms with van der Waals surface area (Å²) < 4.78 is 64.8. The lowest BCUT2D eigenvalue weighted by atomic mass is 9.63. The topological polar surface area (TPSA) is 9.23 Å². The maximum absolute atomic E-state index is 15.4. The van der Waals surface area contributed by atoms with E-state index >= 15 is 8.78 Å². The number of ether oxygens (including phenoxy) is 1. The van der Waals surface area contributed by atoms with Crippen LogP contribution < -0.4 is 0 Å². The van der Waals surface area contributed by atoms with Crippen molar-refractivity contribution >= 4 is 0 Å². The second-order valence-electron chi connectivity index (χ2n) is 12.5. The van der Waals surface area contributed by atoms with Crippen molar-refractivity contribution < 1.29 is 22.3 Å². The van der Waals surface area contributed by atoms with E-state index in [0.29, 0.717) is 31.3 Å². The first kappa shape index (κ1) is 26.7. The molecule has 0 N–H and O–H groups in total. The third kappa shape index (κ3) is 6.14. The fourth-order valence-corrected chi connectivity index (χ4v) is 7.96. The molecule has 0 saturated heterocycles. The van der Waals surface area contributed by atoms with Crippen molar-refractivity contribution in [2.75, 3.05) is 6.61 Å². The molecule has 0 radical (unpaired) electrons. The highest BCUT2D eigenvalue weighted by atomic mass is 19.2. The molecule has 34 heavy (non-hydrogen) atoms. The molecule has 0 amide bonds. The maximum atomic E-state index is 15.4. The van der Waals surface area contributed by atoms with Gasteiger partial charge in [-0.05, 0) is 106 Å². The zero-order valence-corrected chi connectivity index (χ0v) is 21.5. The first-order valence-electron chi connectivity index (χ1n) is 14.6. The van der Waals surface area contributed by atoms with Crippen molar-refractivity contribution in [1.29, 1.82) is 0 Å². The van der Waals surface area contributed by atoms with Crippen molar-refractivity contribution in [3.05, 3.63) is 0 Å². The number of alkyl halides is 4. The first-order chi connectivity index (χ1) is 16.4. The smallest absolute Gasteiger partial charge is 0.157 e. The van der Waals surface area contributed by atoms with E-state index in [2.05, 4.69) is 6.92 Å². The summed E-state index contributed by atoms with van der Waals surface area (Å²) in [6.45, 7) is 4.47. The summed E-state index contributed by atoms with van der Waals surface area (Å²) in [6.07, 6.45) is 7.48. The molecule has 4 fully saturated rings. The molecule has 0 aliphatic heterocycles. The number of hydrogen-bond donors (Lipinski definition) is 0. The summed E-state index contributed by atoms with van der Waals surface area (Å²) >= 11 is 0. The van der Waals surface area contributed by atoms with E-state index in [4.69, 9.17) is 4.74 Å². The van der Waals surface area contributed by atoms with Crippen LogP contribution in [0, 0.1) is 41.4 Å². The van der Waals surface area contributed by atoms with Crippen LogP contribution in [0.2, 0.25) is 0 Å². The Morgan fingerprint density at radius 3 is 1.65 bits per heavy atom. The standard InChI is InChI=1S/C29H48F4O/c1-3-4-19-6-10-21(11-7-19)23-14-15-24(28(32)27(23)31)22-12-8-20(9-13-22)17-34-25-16-5-18(2)26(30)29(25)33/h18-29H,3-17H2,1-2H3/t18?,19?,20?,21?,22?,23?,24?,25?,26-,27?,28-,29?/m0/s1. The largest absolute Gasteiger partial charge is 0.375 e. The molecule has 8 atom stereocenters. The molecule has 6 unspecified atom stereocenters. The second-order valence-corrected chi connectivity index (χ2v) is 12.5. The molecule has 0 spiro atoms. The van der Waals surface area contributed by atoms with Crippen LogP contribution in [0.15, 0.2) is 0 Å². The van der Waals surface area contributed by atoms with Crippen LogP contribution >= 0.6 is 0 Å². The molecule has 0 heterocycles. The normalized spacial score (nSPS) is 48.5. The highest BCUT2D eigenvalue weighted by Gasteiger charge is 2.47. The Bertz CT molecular complexity index is 601. The van der Waals surface area contributed by atoms with E-state index in [1.165, 1.54) is 25.7 Å². The quantitative estimate of drug-likeness (QED) is 0.326. The summed E-state index contributed by atoms with van der Waals surface area (Å²) in [5, 5.41) is 0. The molecular formula is C29H48F4O. The maximum Gasteiger partial charge on any atom is 0.157 e. The van der Waals surface area contributed by atoms with Crippen LogP contribution in [0.25, 0.3) is 0 Å². The summed E-state index contributed by atoms with van der Waals surface area (Å²) in [5.74, 6) is 1.30. The van der Waals surface area contributed by atoms with E-state index in [1.807, 2.05) is 0 Å².